The van der Waals surface area contributed by atoms with E-state index in [1.165, 1.54) is 0 Å². The maximum absolute atomic E-state index is 6.50. The van der Waals surface area contributed by atoms with Gasteiger partial charge in [-0.1, -0.05) is 47.6 Å². The van der Waals surface area contributed by atoms with Gasteiger partial charge in [-0.3, -0.25) is 0 Å². The summed E-state index contributed by atoms with van der Waals surface area (Å²) in [6.45, 7) is 13.9. The van der Waals surface area contributed by atoms with Crippen LogP contribution in [-0.4, -0.2) is 8.32 Å². The number of allylic oxidation sites excluding steroid dienone is 3. The Balaban J connectivity index is 2.97. The van der Waals surface area contributed by atoms with Gasteiger partial charge in [0.2, 0.25) is 0 Å². The van der Waals surface area contributed by atoms with Gasteiger partial charge in [-0.05, 0) is 35.2 Å². The summed E-state index contributed by atoms with van der Waals surface area (Å²) in [5.74, 6) is 1.11. The fourth-order valence-corrected chi connectivity index (χ4v) is 8.34. The van der Waals surface area contributed by atoms with Crippen LogP contribution in [0.4, 0.5) is 0 Å². The second kappa shape index (κ2) is 5.22. The largest absolute Gasteiger partial charge is 0.543 e. The van der Waals surface area contributed by atoms with E-state index in [2.05, 4.69) is 59.8 Å². The highest BCUT2D eigenvalue weighted by atomic mass is 28.4. The van der Waals surface area contributed by atoms with Crippen molar-refractivity contribution in [2.24, 2.45) is 0 Å². The summed E-state index contributed by atoms with van der Waals surface area (Å²) >= 11 is 0. The van der Waals surface area contributed by atoms with Gasteiger partial charge in [0.25, 0.3) is 8.32 Å². The minimum atomic E-state index is -1.71. The van der Waals surface area contributed by atoms with Gasteiger partial charge in [-0.15, -0.1) is 0 Å². The third-order valence-electron chi connectivity index (χ3n) is 3.74. The molecule has 0 aromatic heterocycles. The summed E-state index contributed by atoms with van der Waals surface area (Å²) in [6.07, 6.45) is 7.55. The Labute approximate surface area is 102 Å². The Hall–Kier alpha value is -0.503. The molecule has 0 heterocycles. The van der Waals surface area contributed by atoms with Crippen molar-refractivity contribution in [3.63, 3.8) is 0 Å². The molecule has 1 aliphatic rings. The molecule has 0 radical (unpaired) electrons. The molecule has 1 rings (SSSR count). The molecule has 0 fully saturated rings. The van der Waals surface area contributed by atoms with Crippen molar-refractivity contribution in [1.29, 1.82) is 0 Å². The average Bonchev–Trinajstić information content (AvgIpc) is 2.64. The van der Waals surface area contributed by atoms with Gasteiger partial charge in [0.1, 0.15) is 0 Å². The maximum Gasteiger partial charge on any atom is 0.258 e. The second-order valence-corrected chi connectivity index (χ2v) is 11.0. The normalized spacial score (nSPS) is 16.4. The van der Waals surface area contributed by atoms with Crippen molar-refractivity contribution in [3.8, 4) is 0 Å². The zero-order valence-corrected chi connectivity index (χ0v) is 12.6. The molecule has 0 N–H and O–H groups in total. The molecule has 1 nitrogen and oxygen atoms in total. The molecular weight excluding hydrogens is 212 g/mol. The molecule has 0 amide bonds. The van der Waals surface area contributed by atoms with Crippen molar-refractivity contribution in [2.45, 2.75) is 64.6 Å². The van der Waals surface area contributed by atoms with E-state index < -0.39 is 8.32 Å². The van der Waals surface area contributed by atoms with Crippen LogP contribution >= 0.6 is 0 Å². The third kappa shape index (κ3) is 2.42. The predicted molar refractivity (Wildman–Crippen MR) is 74.0 cm³/mol. The molecule has 0 unspecified atom stereocenters. The number of hydrogen-bond donors (Lipinski definition) is 0. The molecule has 0 saturated carbocycles. The van der Waals surface area contributed by atoms with E-state index in [0.29, 0.717) is 16.6 Å². The summed E-state index contributed by atoms with van der Waals surface area (Å²) in [6, 6.07) is 0. The maximum atomic E-state index is 6.50. The first-order valence-electron chi connectivity index (χ1n) is 6.47. The average molecular weight is 238 g/mol. The third-order valence-corrected chi connectivity index (χ3v) is 9.74. The lowest BCUT2D eigenvalue weighted by atomic mass is 10.5. The highest BCUT2D eigenvalue weighted by Gasteiger charge is 2.47. The van der Waals surface area contributed by atoms with Crippen LogP contribution in [-0.2, 0) is 4.43 Å². The Morgan fingerprint density at radius 2 is 1.50 bits per heavy atom. The van der Waals surface area contributed by atoms with Crippen molar-refractivity contribution in [1.82, 2.24) is 0 Å². The number of hydrogen-bond acceptors (Lipinski definition) is 1. The zero-order valence-electron chi connectivity index (χ0n) is 11.6. The van der Waals surface area contributed by atoms with Crippen LogP contribution in [0, 0.1) is 0 Å². The van der Waals surface area contributed by atoms with Crippen molar-refractivity contribution in [2.75, 3.05) is 0 Å². The van der Waals surface area contributed by atoms with Crippen LogP contribution in [0.3, 0.4) is 0 Å². The van der Waals surface area contributed by atoms with Gasteiger partial charge in [0.15, 0.2) is 0 Å². The molecule has 0 aromatic carbocycles. The highest BCUT2D eigenvalue weighted by Crippen LogP contribution is 2.44. The summed E-state index contributed by atoms with van der Waals surface area (Å²) in [4.78, 5) is 0. The lowest BCUT2D eigenvalue weighted by Crippen LogP contribution is -2.47. The molecule has 0 spiro atoms. The molecule has 1 aliphatic carbocycles. The quantitative estimate of drug-likeness (QED) is 0.611. The minimum absolute atomic E-state index is 0.655. The molecule has 0 aliphatic heterocycles. The van der Waals surface area contributed by atoms with E-state index in [1.54, 1.807) is 0 Å². The van der Waals surface area contributed by atoms with Gasteiger partial charge in [-0.25, -0.2) is 0 Å². The number of rotatable bonds is 5. The first kappa shape index (κ1) is 13.6. The summed E-state index contributed by atoms with van der Waals surface area (Å²) in [5, 5.41) is 0. The smallest absolute Gasteiger partial charge is 0.258 e. The predicted octanol–water partition coefficient (Wildman–Crippen LogP) is 5.02. The molecule has 0 bridgehead atoms. The van der Waals surface area contributed by atoms with Crippen LogP contribution in [0.1, 0.15) is 48.0 Å². The Bertz CT molecular complexity index is 265. The SMILES string of the molecule is CC(C)[Si](OC1=CCC=C1)(C(C)C)C(C)C. The first-order chi connectivity index (χ1) is 7.41. The van der Waals surface area contributed by atoms with Crippen LogP contribution in [0.15, 0.2) is 24.0 Å². The van der Waals surface area contributed by atoms with E-state index >= 15 is 0 Å². The van der Waals surface area contributed by atoms with Crippen molar-refractivity contribution < 1.29 is 4.43 Å². The van der Waals surface area contributed by atoms with Crippen molar-refractivity contribution >= 4 is 8.32 Å². The summed E-state index contributed by atoms with van der Waals surface area (Å²) < 4.78 is 6.50. The summed E-state index contributed by atoms with van der Waals surface area (Å²) in [5.41, 5.74) is 1.96. The molecule has 0 aromatic rings. The van der Waals surface area contributed by atoms with E-state index in [4.69, 9.17) is 4.43 Å². The van der Waals surface area contributed by atoms with Crippen molar-refractivity contribution in [3.05, 3.63) is 24.0 Å². The van der Waals surface area contributed by atoms with Crippen LogP contribution in [0.5, 0.6) is 0 Å². The highest BCUT2D eigenvalue weighted by molar-refractivity contribution is 6.77. The van der Waals surface area contributed by atoms with E-state index in [0.717, 1.165) is 12.2 Å². The molecule has 16 heavy (non-hydrogen) atoms. The van der Waals surface area contributed by atoms with Gasteiger partial charge in [0, 0.05) is 0 Å². The Morgan fingerprint density at radius 3 is 1.81 bits per heavy atom. The van der Waals surface area contributed by atoms with Crippen LogP contribution in [0.2, 0.25) is 16.6 Å². The van der Waals surface area contributed by atoms with E-state index in [1.807, 2.05) is 0 Å². The molecular formula is C14H26OSi. The topological polar surface area (TPSA) is 9.23 Å². The fourth-order valence-electron chi connectivity index (χ4n) is 3.07. The monoisotopic (exact) mass is 238 g/mol. The van der Waals surface area contributed by atoms with Crippen LogP contribution in [0.25, 0.3) is 0 Å². The Morgan fingerprint density at radius 1 is 1.00 bits per heavy atom. The molecule has 0 atom stereocenters. The minimum Gasteiger partial charge on any atom is -0.543 e. The first-order valence-corrected chi connectivity index (χ1v) is 8.61. The van der Waals surface area contributed by atoms with Gasteiger partial charge in [-0.2, -0.15) is 0 Å². The van der Waals surface area contributed by atoms with Gasteiger partial charge < -0.3 is 4.43 Å². The second-order valence-electron chi connectivity index (χ2n) is 5.66. The van der Waals surface area contributed by atoms with Crippen LogP contribution < -0.4 is 0 Å². The summed E-state index contributed by atoms with van der Waals surface area (Å²) in [7, 11) is -1.71. The zero-order chi connectivity index (χ0) is 12.3. The molecule has 0 saturated heterocycles. The van der Waals surface area contributed by atoms with Gasteiger partial charge in [0.05, 0.1) is 5.76 Å². The van der Waals surface area contributed by atoms with Gasteiger partial charge >= 0.3 is 0 Å². The fraction of sp³-hybridized carbons (Fsp3) is 0.714. The molecule has 92 valence electrons. The lowest BCUT2D eigenvalue weighted by Gasteiger charge is -2.42. The van der Waals surface area contributed by atoms with E-state index in [9.17, 15) is 0 Å². The van der Waals surface area contributed by atoms with E-state index in [-0.39, 0.29) is 0 Å². The Kier molecular flexibility index (Phi) is 4.42. The standard InChI is InChI=1S/C14H26OSi/c1-11(2)16(12(3)4,13(5)6)15-14-9-7-8-10-14/h7,9-13H,8H2,1-6H3. The molecule has 2 heteroatoms. The lowest BCUT2D eigenvalue weighted by molar-refractivity contribution is 0.387.